The summed E-state index contributed by atoms with van der Waals surface area (Å²) in [4.78, 5) is 17.9. The number of nitrogens with one attached hydrogen (secondary N) is 2. The van der Waals surface area contributed by atoms with Crippen LogP contribution in [-0.2, 0) is 24.3 Å². The molecule has 2 aromatic rings. The number of amides is 2. The van der Waals surface area contributed by atoms with Gasteiger partial charge in [0, 0.05) is 10.8 Å². The molecular weight excluding hydrogens is 354 g/mol. The van der Waals surface area contributed by atoms with Crippen molar-refractivity contribution >= 4 is 11.7 Å². The molecule has 0 radical (unpaired) electrons. The SMILES string of the molecule is Cc1cccc(NC(=O)/[N+](C)=N\N)c1CONC(C)c1cccc2c1CCC2. The van der Waals surface area contributed by atoms with Gasteiger partial charge in [-0.15, -0.1) is 4.70 Å². The van der Waals surface area contributed by atoms with Crippen LogP contribution < -0.4 is 16.6 Å². The largest absolute Gasteiger partial charge is 0.459 e. The molecule has 148 valence electrons. The Hall–Kier alpha value is -2.77. The molecule has 1 aliphatic rings. The average Bonchev–Trinajstić information content (AvgIpc) is 3.18. The summed E-state index contributed by atoms with van der Waals surface area (Å²) in [7, 11) is 1.49. The number of carbonyl (C=O) groups is 1. The van der Waals surface area contributed by atoms with E-state index in [0.717, 1.165) is 28.7 Å². The Balaban J connectivity index is 1.66. The van der Waals surface area contributed by atoms with Crippen LogP contribution in [0.2, 0.25) is 0 Å². The third-order valence-corrected chi connectivity index (χ3v) is 5.24. The Morgan fingerprint density at radius 1 is 1.29 bits per heavy atom. The van der Waals surface area contributed by atoms with E-state index in [-0.39, 0.29) is 6.04 Å². The summed E-state index contributed by atoms with van der Waals surface area (Å²) in [6.07, 6.45) is 3.51. The molecule has 0 heterocycles. The van der Waals surface area contributed by atoms with Gasteiger partial charge in [-0.1, -0.05) is 30.3 Å². The van der Waals surface area contributed by atoms with E-state index in [1.807, 2.05) is 25.1 Å². The first-order valence-corrected chi connectivity index (χ1v) is 9.53. The average molecular weight is 382 g/mol. The standard InChI is InChI=1S/C21H27N5O2/c1-14-7-4-12-20(23-21(27)26(3)25-22)19(14)13-28-24-15(2)17-10-5-8-16-9-6-11-18(16)17/h4-5,7-8,10,12,15,22,24H,6,9,11,13H2,1-3H3,(H,23,27)/p+1. The van der Waals surface area contributed by atoms with E-state index in [9.17, 15) is 4.79 Å². The minimum Gasteiger partial charge on any atom is -0.296 e. The van der Waals surface area contributed by atoms with E-state index in [2.05, 4.69) is 41.1 Å². The number of rotatable bonds is 6. The highest BCUT2D eigenvalue weighted by Gasteiger charge is 2.19. The number of benzene rings is 2. The van der Waals surface area contributed by atoms with Crippen LogP contribution >= 0.6 is 0 Å². The summed E-state index contributed by atoms with van der Waals surface area (Å²) in [5.74, 6) is 5.16. The van der Waals surface area contributed by atoms with E-state index < -0.39 is 6.03 Å². The molecule has 7 nitrogen and oxygen atoms in total. The molecule has 2 amide bonds. The lowest BCUT2D eigenvalue weighted by molar-refractivity contribution is -0.466. The minimum absolute atomic E-state index is 0.0808. The number of aryl methyl sites for hydroxylation is 2. The molecule has 1 unspecified atom stereocenters. The van der Waals surface area contributed by atoms with Crippen LogP contribution in [0, 0.1) is 6.92 Å². The number of hydrogen-bond donors (Lipinski definition) is 3. The van der Waals surface area contributed by atoms with Crippen molar-refractivity contribution in [3.8, 4) is 0 Å². The lowest BCUT2D eigenvalue weighted by Gasteiger charge is -2.18. The monoisotopic (exact) mass is 382 g/mol. The lowest BCUT2D eigenvalue weighted by Crippen LogP contribution is -2.24. The van der Waals surface area contributed by atoms with Crippen LogP contribution in [0.3, 0.4) is 0 Å². The molecule has 7 heteroatoms. The van der Waals surface area contributed by atoms with Crippen molar-refractivity contribution in [3.63, 3.8) is 0 Å². The zero-order chi connectivity index (χ0) is 20.1. The molecule has 0 bridgehead atoms. The summed E-state index contributed by atoms with van der Waals surface area (Å²) in [5.41, 5.74) is 9.95. The highest BCUT2D eigenvalue weighted by Crippen LogP contribution is 2.29. The Morgan fingerprint density at radius 2 is 2.07 bits per heavy atom. The summed E-state index contributed by atoms with van der Waals surface area (Å²) in [5, 5.41) is 6.17. The Kier molecular flexibility index (Phi) is 6.38. The van der Waals surface area contributed by atoms with Crippen molar-refractivity contribution in [2.45, 2.75) is 45.8 Å². The molecule has 0 spiro atoms. The van der Waals surface area contributed by atoms with Crippen molar-refractivity contribution in [2.75, 3.05) is 12.4 Å². The van der Waals surface area contributed by atoms with Crippen LogP contribution in [0.15, 0.2) is 41.6 Å². The fraction of sp³-hybridized carbons (Fsp3) is 0.381. The van der Waals surface area contributed by atoms with Crippen LogP contribution in [0.25, 0.3) is 0 Å². The van der Waals surface area contributed by atoms with Crippen molar-refractivity contribution in [2.24, 2.45) is 11.1 Å². The topological polar surface area (TPSA) is 91.8 Å². The predicted octanol–water partition coefficient (Wildman–Crippen LogP) is 3.77. The minimum atomic E-state index is -0.407. The van der Waals surface area contributed by atoms with Gasteiger partial charge in [0.25, 0.3) is 0 Å². The fourth-order valence-corrected chi connectivity index (χ4v) is 3.62. The second-order valence-electron chi connectivity index (χ2n) is 7.14. The first-order valence-electron chi connectivity index (χ1n) is 9.53. The molecule has 1 atom stereocenters. The number of urea groups is 1. The first kappa shape index (κ1) is 20.0. The molecule has 0 saturated carbocycles. The van der Waals surface area contributed by atoms with Gasteiger partial charge in [0.1, 0.15) is 5.69 Å². The van der Waals surface area contributed by atoms with Crippen LogP contribution in [0.5, 0.6) is 0 Å². The normalized spacial score (nSPS) is 14.6. The van der Waals surface area contributed by atoms with Gasteiger partial charge in [0.15, 0.2) is 0 Å². The lowest BCUT2D eigenvalue weighted by atomic mass is 9.99. The van der Waals surface area contributed by atoms with Crippen molar-refractivity contribution in [1.82, 2.24) is 5.48 Å². The molecule has 0 aliphatic heterocycles. The highest BCUT2D eigenvalue weighted by atomic mass is 16.6. The molecular formula is C21H28N5O2+. The molecule has 1 aliphatic carbocycles. The number of nitrogens with two attached hydrogens (primary N) is 1. The molecule has 3 rings (SSSR count). The van der Waals surface area contributed by atoms with E-state index in [0.29, 0.717) is 12.3 Å². The van der Waals surface area contributed by atoms with E-state index in [1.165, 1.54) is 30.2 Å². The Bertz CT molecular complexity index is 894. The van der Waals surface area contributed by atoms with Gasteiger partial charge in [-0.05, 0) is 61.4 Å². The quantitative estimate of drug-likeness (QED) is 0.307. The number of fused-ring (bicyclic) bond motifs is 1. The number of anilines is 1. The molecule has 28 heavy (non-hydrogen) atoms. The molecule has 4 N–H and O–H groups in total. The smallest absolute Gasteiger partial charge is 0.296 e. The van der Waals surface area contributed by atoms with E-state index in [4.69, 9.17) is 10.7 Å². The molecule has 0 fully saturated rings. The van der Waals surface area contributed by atoms with Crippen LogP contribution in [0.4, 0.5) is 10.5 Å². The molecule has 0 saturated heterocycles. The summed E-state index contributed by atoms with van der Waals surface area (Å²) in [6, 6.07) is 11.9. The second-order valence-corrected chi connectivity index (χ2v) is 7.14. The van der Waals surface area contributed by atoms with Crippen LogP contribution in [-0.4, -0.2) is 17.8 Å². The van der Waals surface area contributed by atoms with Gasteiger partial charge >= 0.3 is 6.03 Å². The summed E-state index contributed by atoms with van der Waals surface area (Å²) < 4.78 is 1.04. The third kappa shape index (κ3) is 4.37. The van der Waals surface area contributed by atoms with E-state index in [1.54, 1.807) is 0 Å². The van der Waals surface area contributed by atoms with Gasteiger partial charge in [0.05, 0.1) is 19.7 Å². The number of nitrogens with zero attached hydrogens (tertiary/aromatic N) is 2. The summed E-state index contributed by atoms with van der Waals surface area (Å²) in [6.45, 7) is 4.41. The zero-order valence-corrected chi connectivity index (χ0v) is 16.7. The predicted molar refractivity (Wildman–Crippen MR) is 108 cm³/mol. The maximum Gasteiger partial charge on any atom is 0.459 e. The maximum atomic E-state index is 12.1. The molecule has 2 aromatic carbocycles. The third-order valence-electron chi connectivity index (χ3n) is 5.24. The second kappa shape index (κ2) is 8.95. The van der Waals surface area contributed by atoms with Gasteiger partial charge < -0.3 is 0 Å². The van der Waals surface area contributed by atoms with Gasteiger partial charge in [-0.3, -0.25) is 4.84 Å². The van der Waals surface area contributed by atoms with E-state index >= 15 is 0 Å². The number of hydrogen-bond acceptors (Lipinski definition) is 4. The highest BCUT2D eigenvalue weighted by molar-refractivity contribution is 5.84. The van der Waals surface area contributed by atoms with Crippen molar-refractivity contribution < 1.29 is 14.3 Å². The summed E-state index contributed by atoms with van der Waals surface area (Å²) >= 11 is 0. The Labute approximate surface area is 165 Å². The zero-order valence-electron chi connectivity index (χ0n) is 16.7. The van der Waals surface area contributed by atoms with Crippen molar-refractivity contribution in [1.29, 1.82) is 0 Å². The van der Waals surface area contributed by atoms with Crippen LogP contribution in [0.1, 0.15) is 47.2 Å². The molecule has 0 aromatic heterocycles. The van der Waals surface area contributed by atoms with Crippen molar-refractivity contribution in [3.05, 3.63) is 64.2 Å². The number of carbonyl (C=O) groups excluding carboxylic acids is 1. The van der Waals surface area contributed by atoms with Gasteiger partial charge in [0.2, 0.25) is 0 Å². The van der Waals surface area contributed by atoms with Gasteiger partial charge in [-0.2, -0.15) is 5.48 Å². The fourth-order valence-electron chi connectivity index (χ4n) is 3.62. The maximum absolute atomic E-state index is 12.1. The Morgan fingerprint density at radius 3 is 2.86 bits per heavy atom. The van der Waals surface area contributed by atoms with Gasteiger partial charge in [-0.25, -0.2) is 16.0 Å². The first-order chi connectivity index (χ1) is 13.5. The number of hydroxylamine groups is 1.